The van der Waals surface area contributed by atoms with Crippen molar-refractivity contribution in [1.29, 1.82) is 0 Å². The Morgan fingerprint density at radius 3 is 2.67 bits per heavy atom. The van der Waals surface area contributed by atoms with Gasteiger partial charge < -0.3 is 9.47 Å². The van der Waals surface area contributed by atoms with Crippen LogP contribution >= 0.6 is 0 Å². The molecule has 0 saturated carbocycles. The first-order valence-electron chi connectivity index (χ1n) is 9.44. The van der Waals surface area contributed by atoms with Gasteiger partial charge in [-0.25, -0.2) is 0 Å². The molecule has 2 aromatic rings. The first-order chi connectivity index (χ1) is 12.9. The summed E-state index contributed by atoms with van der Waals surface area (Å²) in [6, 6.07) is 13.7. The fraction of sp³-hybridized carbons (Fsp3) is 0.391. The predicted molar refractivity (Wildman–Crippen MR) is 105 cm³/mol. The molecular weight excluding hydrogens is 340 g/mol. The SMILES string of the molecule is CC(CCCc1ccccc1)Oc1cc(C=O)c2c(c1)OC(C)(C)CC2=O. The summed E-state index contributed by atoms with van der Waals surface area (Å²) in [4.78, 5) is 23.9. The second kappa shape index (κ2) is 7.95. The molecule has 4 heteroatoms. The van der Waals surface area contributed by atoms with Crippen molar-refractivity contribution in [2.24, 2.45) is 0 Å². The Morgan fingerprint density at radius 1 is 1.22 bits per heavy atom. The highest BCUT2D eigenvalue weighted by Gasteiger charge is 2.34. The van der Waals surface area contributed by atoms with Gasteiger partial charge in [0.1, 0.15) is 17.1 Å². The molecule has 1 unspecified atom stereocenters. The van der Waals surface area contributed by atoms with Crippen molar-refractivity contribution in [3.63, 3.8) is 0 Å². The summed E-state index contributed by atoms with van der Waals surface area (Å²) in [5.74, 6) is 0.937. The lowest BCUT2D eigenvalue weighted by molar-refractivity contribution is 0.0613. The van der Waals surface area contributed by atoms with E-state index in [1.165, 1.54) is 5.56 Å². The van der Waals surface area contributed by atoms with Crippen molar-refractivity contribution in [3.8, 4) is 11.5 Å². The Balaban J connectivity index is 1.68. The number of hydrogen-bond acceptors (Lipinski definition) is 4. The molecular formula is C23H26O4. The summed E-state index contributed by atoms with van der Waals surface area (Å²) in [6.07, 6.45) is 3.87. The molecule has 1 aliphatic rings. The highest BCUT2D eigenvalue weighted by atomic mass is 16.5. The van der Waals surface area contributed by atoms with Gasteiger partial charge in [0.05, 0.1) is 18.1 Å². The van der Waals surface area contributed by atoms with E-state index < -0.39 is 5.60 Å². The van der Waals surface area contributed by atoms with Gasteiger partial charge in [-0.2, -0.15) is 0 Å². The normalized spacial score (nSPS) is 16.2. The average molecular weight is 366 g/mol. The zero-order chi connectivity index (χ0) is 19.4. The van der Waals surface area contributed by atoms with Crippen LogP contribution in [0.1, 0.15) is 66.3 Å². The smallest absolute Gasteiger partial charge is 0.171 e. The summed E-state index contributed by atoms with van der Waals surface area (Å²) in [7, 11) is 0. The number of rotatable bonds is 7. The topological polar surface area (TPSA) is 52.6 Å². The molecule has 0 spiro atoms. The van der Waals surface area contributed by atoms with E-state index in [1.54, 1.807) is 12.1 Å². The molecule has 1 heterocycles. The quantitative estimate of drug-likeness (QED) is 0.645. The van der Waals surface area contributed by atoms with E-state index in [-0.39, 0.29) is 18.3 Å². The second-order valence-electron chi connectivity index (χ2n) is 7.77. The monoisotopic (exact) mass is 366 g/mol. The largest absolute Gasteiger partial charge is 0.491 e. The standard InChI is InChI=1S/C23H26O4/c1-16(8-7-11-17-9-5-4-6-10-17)26-19-12-18(15-24)22-20(25)14-23(2,3)27-21(22)13-19/h4-6,9-10,12-13,15-16H,7-8,11,14H2,1-3H3. The maximum Gasteiger partial charge on any atom is 0.171 e. The minimum absolute atomic E-state index is 0.00133. The van der Waals surface area contributed by atoms with Crippen LogP contribution in [0.25, 0.3) is 0 Å². The van der Waals surface area contributed by atoms with Gasteiger partial charge in [0.25, 0.3) is 0 Å². The van der Waals surface area contributed by atoms with Crippen molar-refractivity contribution >= 4 is 12.1 Å². The maximum absolute atomic E-state index is 12.4. The average Bonchev–Trinajstić information content (AvgIpc) is 2.60. The van der Waals surface area contributed by atoms with Crippen LogP contribution < -0.4 is 9.47 Å². The van der Waals surface area contributed by atoms with Gasteiger partial charge in [-0.1, -0.05) is 30.3 Å². The number of benzene rings is 2. The third kappa shape index (κ3) is 4.76. The molecule has 0 N–H and O–H groups in total. The number of ether oxygens (including phenoxy) is 2. The second-order valence-corrected chi connectivity index (χ2v) is 7.77. The van der Waals surface area contributed by atoms with Gasteiger partial charge in [-0.05, 0) is 51.7 Å². The van der Waals surface area contributed by atoms with Crippen LogP contribution in [0.5, 0.6) is 11.5 Å². The van der Waals surface area contributed by atoms with E-state index >= 15 is 0 Å². The highest BCUT2D eigenvalue weighted by Crippen LogP contribution is 2.37. The van der Waals surface area contributed by atoms with Gasteiger partial charge in [-0.3, -0.25) is 9.59 Å². The van der Waals surface area contributed by atoms with Crippen LogP contribution in [0.15, 0.2) is 42.5 Å². The molecule has 0 aliphatic carbocycles. The summed E-state index contributed by atoms with van der Waals surface area (Å²) in [5, 5.41) is 0. The number of aryl methyl sites for hydroxylation is 1. The summed E-state index contributed by atoms with van der Waals surface area (Å²) >= 11 is 0. The van der Waals surface area contributed by atoms with E-state index in [2.05, 4.69) is 12.1 Å². The van der Waals surface area contributed by atoms with Gasteiger partial charge in [0.2, 0.25) is 0 Å². The van der Waals surface area contributed by atoms with Crippen molar-refractivity contribution in [2.45, 2.75) is 58.2 Å². The molecule has 2 aromatic carbocycles. The Labute approximate surface area is 160 Å². The van der Waals surface area contributed by atoms with Crippen LogP contribution in [0.2, 0.25) is 0 Å². The van der Waals surface area contributed by atoms with Gasteiger partial charge in [0, 0.05) is 11.6 Å². The maximum atomic E-state index is 12.4. The van der Waals surface area contributed by atoms with E-state index in [0.717, 1.165) is 19.3 Å². The van der Waals surface area contributed by atoms with E-state index in [0.29, 0.717) is 28.9 Å². The lowest BCUT2D eigenvalue weighted by Gasteiger charge is -2.32. The lowest BCUT2D eigenvalue weighted by atomic mass is 9.90. The van der Waals surface area contributed by atoms with E-state index in [9.17, 15) is 9.59 Å². The summed E-state index contributed by atoms with van der Waals surface area (Å²) in [6.45, 7) is 5.75. The number of carbonyl (C=O) groups is 2. The highest BCUT2D eigenvalue weighted by molar-refractivity contribution is 6.06. The molecule has 0 saturated heterocycles. The van der Waals surface area contributed by atoms with Crippen LogP contribution in [-0.4, -0.2) is 23.8 Å². The first-order valence-corrected chi connectivity index (χ1v) is 9.44. The molecule has 3 rings (SSSR count). The van der Waals surface area contributed by atoms with Crippen LogP contribution in [0.3, 0.4) is 0 Å². The molecule has 0 bridgehead atoms. The molecule has 0 amide bonds. The molecule has 142 valence electrons. The van der Waals surface area contributed by atoms with Crippen molar-refractivity contribution in [2.75, 3.05) is 0 Å². The van der Waals surface area contributed by atoms with Gasteiger partial charge in [0.15, 0.2) is 12.1 Å². The van der Waals surface area contributed by atoms with Crippen molar-refractivity contribution < 1.29 is 19.1 Å². The fourth-order valence-corrected chi connectivity index (χ4v) is 3.49. The zero-order valence-corrected chi connectivity index (χ0v) is 16.2. The lowest BCUT2D eigenvalue weighted by Crippen LogP contribution is -2.36. The number of fused-ring (bicyclic) bond motifs is 1. The number of carbonyl (C=O) groups excluding carboxylic acids is 2. The third-order valence-electron chi connectivity index (χ3n) is 4.74. The van der Waals surface area contributed by atoms with Crippen LogP contribution in [0.4, 0.5) is 0 Å². The van der Waals surface area contributed by atoms with Gasteiger partial charge >= 0.3 is 0 Å². The Bertz CT molecular complexity index is 824. The summed E-state index contributed by atoms with van der Waals surface area (Å²) in [5.41, 5.74) is 1.44. The van der Waals surface area contributed by atoms with E-state index in [4.69, 9.17) is 9.47 Å². The third-order valence-corrected chi connectivity index (χ3v) is 4.74. The molecule has 0 aromatic heterocycles. The minimum Gasteiger partial charge on any atom is -0.491 e. The number of aldehydes is 1. The number of hydrogen-bond donors (Lipinski definition) is 0. The van der Waals surface area contributed by atoms with Crippen LogP contribution in [0, 0.1) is 0 Å². The number of ketones is 1. The number of Topliss-reactive ketones (excluding diaryl/α,β-unsaturated/α-hetero) is 1. The fourth-order valence-electron chi connectivity index (χ4n) is 3.49. The summed E-state index contributed by atoms with van der Waals surface area (Å²) < 4.78 is 11.9. The van der Waals surface area contributed by atoms with E-state index in [1.807, 2.05) is 39.0 Å². The molecule has 27 heavy (non-hydrogen) atoms. The first kappa shape index (κ1) is 19.2. The van der Waals surface area contributed by atoms with Crippen LogP contribution in [-0.2, 0) is 6.42 Å². The van der Waals surface area contributed by atoms with Gasteiger partial charge in [-0.15, -0.1) is 0 Å². The zero-order valence-electron chi connectivity index (χ0n) is 16.2. The molecule has 1 atom stereocenters. The Kier molecular flexibility index (Phi) is 5.64. The Hall–Kier alpha value is -2.62. The minimum atomic E-state index is -0.579. The molecule has 1 aliphatic heterocycles. The molecule has 0 fully saturated rings. The Morgan fingerprint density at radius 2 is 1.96 bits per heavy atom. The molecule has 0 radical (unpaired) electrons. The van der Waals surface area contributed by atoms with Crippen molar-refractivity contribution in [1.82, 2.24) is 0 Å². The van der Waals surface area contributed by atoms with Crippen molar-refractivity contribution in [3.05, 3.63) is 59.2 Å². The molecule has 4 nitrogen and oxygen atoms in total. The predicted octanol–water partition coefficient (Wildman–Crippen LogP) is 5.03.